The number of aryl methyl sites for hydroxylation is 1. The zero-order valence-electron chi connectivity index (χ0n) is 14.0. The van der Waals surface area contributed by atoms with Crippen LogP contribution in [0.2, 0.25) is 0 Å². The van der Waals surface area contributed by atoms with Crippen LogP contribution in [0.15, 0.2) is 24.3 Å². The van der Waals surface area contributed by atoms with Gasteiger partial charge in [0.25, 0.3) is 0 Å². The van der Waals surface area contributed by atoms with Gasteiger partial charge in [-0.15, -0.1) is 0 Å². The standard InChI is InChI=1S/C19H33S/c1-5-7-8-9-10-11-16-20(4)19(6-2)18-14-12-17(3)13-15-18/h12-15,19H,5-11,16H2,1-4H3/q+1. The third kappa shape index (κ3) is 6.35. The lowest BCUT2D eigenvalue weighted by Gasteiger charge is -2.15. The van der Waals surface area contributed by atoms with Gasteiger partial charge in [0.05, 0.1) is 6.26 Å². The Bertz CT molecular complexity index is 341. The average molecular weight is 294 g/mol. The lowest BCUT2D eigenvalue weighted by Crippen LogP contribution is -2.15. The molecule has 114 valence electrons. The van der Waals surface area contributed by atoms with Crippen LogP contribution in [0.25, 0.3) is 0 Å². The van der Waals surface area contributed by atoms with Gasteiger partial charge in [-0.05, 0) is 37.1 Å². The summed E-state index contributed by atoms with van der Waals surface area (Å²) in [6, 6.07) is 9.21. The highest BCUT2D eigenvalue weighted by atomic mass is 32.2. The van der Waals surface area contributed by atoms with Crippen LogP contribution in [-0.4, -0.2) is 12.0 Å². The van der Waals surface area contributed by atoms with E-state index < -0.39 is 0 Å². The minimum absolute atomic E-state index is 0.527. The Labute approximate surface area is 129 Å². The second-order valence-electron chi connectivity index (χ2n) is 5.97. The van der Waals surface area contributed by atoms with Gasteiger partial charge in [-0.1, -0.05) is 69.4 Å². The monoisotopic (exact) mass is 293 g/mol. The molecule has 0 nitrogen and oxygen atoms in total. The molecule has 0 aliphatic rings. The molecule has 1 rings (SSSR count). The molecular formula is C19H33S+. The van der Waals surface area contributed by atoms with Gasteiger partial charge in [-0.25, -0.2) is 0 Å². The summed E-state index contributed by atoms with van der Waals surface area (Å²) in [6.45, 7) is 6.80. The smallest absolute Gasteiger partial charge is 0.0654 e. The predicted molar refractivity (Wildman–Crippen MR) is 95.7 cm³/mol. The molecule has 0 saturated carbocycles. The van der Waals surface area contributed by atoms with Crippen molar-refractivity contribution >= 4 is 10.9 Å². The maximum atomic E-state index is 2.47. The van der Waals surface area contributed by atoms with E-state index in [-0.39, 0.29) is 0 Å². The van der Waals surface area contributed by atoms with E-state index in [0.29, 0.717) is 10.9 Å². The number of benzene rings is 1. The molecule has 0 radical (unpaired) electrons. The first-order chi connectivity index (χ1) is 9.69. The summed E-state index contributed by atoms with van der Waals surface area (Å²) in [6.07, 6.45) is 12.2. The number of hydrogen-bond acceptors (Lipinski definition) is 0. The van der Waals surface area contributed by atoms with E-state index in [1.165, 1.54) is 56.3 Å². The van der Waals surface area contributed by atoms with Gasteiger partial charge in [-0.3, -0.25) is 0 Å². The Kier molecular flexibility index (Phi) is 9.09. The quantitative estimate of drug-likeness (QED) is 0.363. The van der Waals surface area contributed by atoms with Gasteiger partial charge >= 0.3 is 0 Å². The Morgan fingerprint density at radius 2 is 1.50 bits per heavy atom. The van der Waals surface area contributed by atoms with E-state index in [4.69, 9.17) is 0 Å². The number of rotatable bonds is 10. The van der Waals surface area contributed by atoms with Crippen molar-refractivity contribution in [3.05, 3.63) is 35.4 Å². The average Bonchev–Trinajstić information content (AvgIpc) is 2.45. The molecule has 0 spiro atoms. The predicted octanol–water partition coefficient (Wildman–Crippen LogP) is 6.05. The van der Waals surface area contributed by atoms with Crippen LogP contribution in [0, 0.1) is 6.92 Å². The van der Waals surface area contributed by atoms with Crippen LogP contribution in [0.1, 0.15) is 75.2 Å². The zero-order chi connectivity index (χ0) is 14.8. The van der Waals surface area contributed by atoms with Crippen molar-refractivity contribution in [3.8, 4) is 0 Å². The molecule has 1 aromatic rings. The van der Waals surface area contributed by atoms with Crippen LogP contribution in [0.3, 0.4) is 0 Å². The van der Waals surface area contributed by atoms with Crippen molar-refractivity contribution in [1.29, 1.82) is 0 Å². The van der Waals surface area contributed by atoms with Crippen LogP contribution in [0.4, 0.5) is 0 Å². The topological polar surface area (TPSA) is 0 Å². The van der Waals surface area contributed by atoms with Crippen molar-refractivity contribution < 1.29 is 0 Å². The summed E-state index contributed by atoms with van der Waals surface area (Å²) in [7, 11) is 0.527. The van der Waals surface area contributed by atoms with Gasteiger partial charge in [0, 0.05) is 5.56 Å². The molecule has 0 N–H and O–H groups in total. The van der Waals surface area contributed by atoms with Crippen molar-refractivity contribution in [2.45, 2.75) is 71.0 Å². The molecule has 2 atom stereocenters. The van der Waals surface area contributed by atoms with Crippen molar-refractivity contribution in [2.24, 2.45) is 0 Å². The maximum absolute atomic E-state index is 2.47. The minimum atomic E-state index is 0.527. The van der Waals surface area contributed by atoms with Crippen LogP contribution in [-0.2, 0) is 10.9 Å². The summed E-state index contributed by atoms with van der Waals surface area (Å²) < 4.78 is 0. The molecular weight excluding hydrogens is 260 g/mol. The molecule has 0 amide bonds. The molecule has 1 heteroatoms. The molecule has 1 aromatic carbocycles. The molecule has 0 heterocycles. The van der Waals surface area contributed by atoms with Gasteiger partial charge < -0.3 is 0 Å². The van der Waals surface area contributed by atoms with Gasteiger partial charge in [0.2, 0.25) is 0 Å². The third-order valence-electron chi connectivity index (χ3n) is 4.13. The Hall–Kier alpha value is -0.430. The van der Waals surface area contributed by atoms with Crippen molar-refractivity contribution in [1.82, 2.24) is 0 Å². The maximum Gasteiger partial charge on any atom is 0.142 e. The molecule has 0 saturated heterocycles. The van der Waals surface area contributed by atoms with E-state index >= 15 is 0 Å². The van der Waals surface area contributed by atoms with Crippen LogP contribution in [0.5, 0.6) is 0 Å². The summed E-state index contributed by atoms with van der Waals surface area (Å²) in [5, 5.41) is 0.770. The SMILES string of the molecule is CCCCCCCC[S+](C)C(CC)c1ccc(C)cc1. The van der Waals surface area contributed by atoms with E-state index in [2.05, 4.69) is 51.3 Å². The Morgan fingerprint density at radius 1 is 0.900 bits per heavy atom. The second-order valence-corrected chi connectivity index (χ2v) is 8.33. The van der Waals surface area contributed by atoms with Crippen LogP contribution < -0.4 is 0 Å². The molecule has 0 aliphatic heterocycles. The van der Waals surface area contributed by atoms with E-state index in [1.54, 1.807) is 5.56 Å². The highest BCUT2D eigenvalue weighted by Gasteiger charge is 2.25. The zero-order valence-corrected chi connectivity index (χ0v) is 14.8. The number of unbranched alkanes of at least 4 members (excludes halogenated alkanes) is 5. The molecule has 2 unspecified atom stereocenters. The normalized spacial score (nSPS) is 14.2. The summed E-state index contributed by atoms with van der Waals surface area (Å²) >= 11 is 0. The highest BCUT2D eigenvalue weighted by Crippen LogP contribution is 2.28. The van der Waals surface area contributed by atoms with E-state index in [0.717, 1.165) is 5.25 Å². The fourth-order valence-corrected chi connectivity index (χ4v) is 4.92. The molecule has 0 aliphatic carbocycles. The van der Waals surface area contributed by atoms with Crippen LogP contribution >= 0.6 is 0 Å². The largest absolute Gasteiger partial charge is 0.142 e. The fourth-order valence-electron chi connectivity index (χ4n) is 2.79. The first-order valence-corrected chi connectivity index (χ1v) is 10.2. The van der Waals surface area contributed by atoms with Crippen molar-refractivity contribution in [2.75, 3.05) is 12.0 Å². The van der Waals surface area contributed by atoms with Gasteiger partial charge in [0.1, 0.15) is 11.0 Å². The summed E-state index contributed by atoms with van der Waals surface area (Å²) in [5.41, 5.74) is 2.92. The summed E-state index contributed by atoms with van der Waals surface area (Å²) in [4.78, 5) is 0. The Morgan fingerprint density at radius 3 is 2.10 bits per heavy atom. The Balaban J connectivity index is 2.35. The molecule has 20 heavy (non-hydrogen) atoms. The lowest BCUT2D eigenvalue weighted by molar-refractivity contribution is 0.626. The molecule has 0 aromatic heterocycles. The summed E-state index contributed by atoms with van der Waals surface area (Å²) in [5.74, 6) is 1.42. The van der Waals surface area contributed by atoms with E-state index in [9.17, 15) is 0 Å². The third-order valence-corrected chi connectivity index (χ3v) is 6.64. The van der Waals surface area contributed by atoms with Crippen molar-refractivity contribution in [3.63, 3.8) is 0 Å². The first-order valence-electron chi connectivity index (χ1n) is 8.37. The lowest BCUT2D eigenvalue weighted by atomic mass is 10.1. The molecule has 0 bridgehead atoms. The van der Waals surface area contributed by atoms with Gasteiger partial charge in [-0.2, -0.15) is 0 Å². The minimum Gasteiger partial charge on any atom is -0.0654 e. The highest BCUT2D eigenvalue weighted by molar-refractivity contribution is 7.96. The van der Waals surface area contributed by atoms with E-state index in [1.807, 2.05) is 0 Å². The van der Waals surface area contributed by atoms with Gasteiger partial charge in [0.15, 0.2) is 0 Å². The second kappa shape index (κ2) is 10.3. The fraction of sp³-hybridized carbons (Fsp3) is 0.684. The number of hydrogen-bond donors (Lipinski definition) is 0. The first kappa shape index (κ1) is 17.6. The molecule has 0 fully saturated rings.